The average molecular weight is 708 g/mol. The van der Waals surface area contributed by atoms with Gasteiger partial charge in [-0.15, -0.1) is 0 Å². The molecule has 0 aliphatic heterocycles. The number of halogens is 2. The lowest BCUT2D eigenvalue weighted by Crippen LogP contribution is -2.19. The third-order valence-electron chi connectivity index (χ3n) is 7.44. The fourth-order valence-corrected chi connectivity index (χ4v) is 6.51. The van der Waals surface area contributed by atoms with Crippen molar-refractivity contribution >= 4 is 67.9 Å². The van der Waals surface area contributed by atoms with Crippen molar-refractivity contribution in [3.8, 4) is 22.3 Å². The number of carbonyl (C=O) groups is 2. The molecule has 8 nitrogen and oxygen atoms in total. The Balaban J connectivity index is 1.10. The van der Waals surface area contributed by atoms with Crippen LogP contribution >= 0.6 is 23.2 Å². The van der Waals surface area contributed by atoms with Crippen LogP contribution in [0.4, 0.5) is 32.3 Å². The van der Waals surface area contributed by atoms with E-state index < -0.39 is 21.9 Å². The van der Waals surface area contributed by atoms with Crippen molar-refractivity contribution in [3.63, 3.8) is 0 Å². The fraction of sp³-hybridized carbons (Fsp3) is 0. The first-order valence-corrected chi connectivity index (χ1v) is 17.2. The molecule has 0 heterocycles. The summed E-state index contributed by atoms with van der Waals surface area (Å²) in [7, 11) is -3.80. The molecule has 0 aliphatic carbocycles. The molecule has 244 valence electrons. The van der Waals surface area contributed by atoms with Gasteiger partial charge in [0.05, 0.1) is 9.79 Å². The predicted molar refractivity (Wildman–Crippen MR) is 197 cm³/mol. The van der Waals surface area contributed by atoms with E-state index in [1.165, 1.54) is 0 Å². The second kappa shape index (κ2) is 14.7. The first kappa shape index (κ1) is 33.3. The molecule has 4 amide bonds. The molecule has 0 spiro atoms. The zero-order chi connectivity index (χ0) is 34.4. The molecule has 6 aromatic rings. The number of hydrogen-bond acceptors (Lipinski definition) is 4. The summed E-state index contributed by atoms with van der Waals surface area (Å²) >= 11 is 11.8. The van der Waals surface area contributed by atoms with Crippen molar-refractivity contribution in [2.75, 3.05) is 21.3 Å². The molecule has 0 bridgehead atoms. The Morgan fingerprint density at radius 1 is 0.408 bits per heavy atom. The monoisotopic (exact) mass is 706 g/mol. The molecular formula is C38H28Cl2N4O4S. The van der Waals surface area contributed by atoms with Crippen LogP contribution in [0.1, 0.15) is 0 Å². The Hall–Kier alpha value is -5.61. The highest BCUT2D eigenvalue weighted by Gasteiger charge is 2.18. The van der Waals surface area contributed by atoms with E-state index in [2.05, 4.69) is 21.3 Å². The molecule has 6 rings (SSSR count). The maximum atomic E-state index is 13.5. The number of amides is 4. The van der Waals surface area contributed by atoms with Gasteiger partial charge in [-0.2, -0.15) is 0 Å². The number of anilines is 4. The number of rotatable bonds is 8. The van der Waals surface area contributed by atoms with Gasteiger partial charge in [-0.1, -0.05) is 71.7 Å². The Morgan fingerprint density at radius 3 is 1.12 bits per heavy atom. The number of sulfone groups is 1. The SMILES string of the molecule is O=C(Nc1ccc(Cl)cc1)Nc1cccc(-c2ccc(S(=O)(=O)c3ccc(-c4cccc(NC(=O)Nc5ccc(Cl)cc5)c4)cc3)cc2)c1. The second-order valence-electron chi connectivity index (χ2n) is 10.9. The van der Waals surface area contributed by atoms with Gasteiger partial charge in [0.1, 0.15) is 0 Å². The summed E-state index contributed by atoms with van der Waals surface area (Å²) in [5.41, 5.74) is 5.52. The van der Waals surface area contributed by atoms with Crippen LogP contribution in [0.3, 0.4) is 0 Å². The molecule has 0 saturated heterocycles. The van der Waals surface area contributed by atoms with Crippen LogP contribution in [0.2, 0.25) is 10.0 Å². The van der Waals surface area contributed by atoms with Crippen LogP contribution in [0.25, 0.3) is 22.3 Å². The van der Waals surface area contributed by atoms with Crippen LogP contribution in [0, 0.1) is 0 Å². The van der Waals surface area contributed by atoms with Crippen molar-refractivity contribution < 1.29 is 18.0 Å². The van der Waals surface area contributed by atoms with Crippen molar-refractivity contribution in [1.29, 1.82) is 0 Å². The summed E-state index contributed by atoms with van der Waals surface area (Å²) in [6, 6.07) is 40.4. The van der Waals surface area contributed by atoms with Gasteiger partial charge >= 0.3 is 12.1 Å². The number of urea groups is 2. The second-order valence-corrected chi connectivity index (χ2v) is 13.7. The number of carbonyl (C=O) groups excluding carboxylic acids is 2. The predicted octanol–water partition coefficient (Wildman–Crippen LogP) is 10.4. The number of benzene rings is 6. The van der Waals surface area contributed by atoms with E-state index in [9.17, 15) is 18.0 Å². The van der Waals surface area contributed by atoms with Gasteiger partial charge in [0.2, 0.25) is 9.84 Å². The summed E-state index contributed by atoms with van der Waals surface area (Å²) in [5, 5.41) is 12.3. The molecule has 0 aromatic heterocycles. The van der Waals surface area contributed by atoms with Gasteiger partial charge in [0, 0.05) is 32.8 Å². The Kier molecular flexibility index (Phi) is 9.96. The standard InChI is InChI=1S/C38H28Cl2N4O4S/c39-29-11-15-31(16-12-29)41-37(45)43-33-5-1-3-27(23-33)25-7-19-35(20-8-25)49(47,48)36-21-9-26(10-22-36)28-4-2-6-34(24-28)44-38(46)42-32-17-13-30(40)14-18-32/h1-24H,(H2,41,43,45)(H2,42,44,46). The normalized spacial score (nSPS) is 11.0. The van der Waals surface area contributed by atoms with Crippen molar-refractivity contribution in [1.82, 2.24) is 0 Å². The highest BCUT2D eigenvalue weighted by molar-refractivity contribution is 7.91. The summed E-state index contributed by atoms with van der Waals surface area (Å²) in [5.74, 6) is 0. The van der Waals surface area contributed by atoms with E-state index in [4.69, 9.17) is 23.2 Å². The average Bonchev–Trinajstić information content (AvgIpc) is 3.10. The zero-order valence-electron chi connectivity index (χ0n) is 25.7. The van der Waals surface area contributed by atoms with Crippen molar-refractivity contribution in [3.05, 3.63) is 156 Å². The highest BCUT2D eigenvalue weighted by Crippen LogP contribution is 2.29. The molecule has 0 aliphatic rings. The van der Waals surface area contributed by atoms with Gasteiger partial charge in [-0.3, -0.25) is 0 Å². The topological polar surface area (TPSA) is 116 Å². The van der Waals surface area contributed by atoms with E-state index in [-0.39, 0.29) is 9.79 Å². The molecule has 0 unspecified atom stereocenters. The number of nitrogens with one attached hydrogen (secondary N) is 4. The Morgan fingerprint density at radius 2 is 0.755 bits per heavy atom. The smallest absolute Gasteiger partial charge is 0.308 e. The van der Waals surface area contributed by atoms with Gasteiger partial charge in [0.15, 0.2) is 0 Å². The summed E-state index contributed by atoms with van der Waals surface area (Å²) in [6.45, 7) is 0. The first-order valence-electron chi connectivity index (χ1n) is 15.0. The fourth-order valence-electron chi connectivity index (χ4n) is 5.00. The minimum atomic E-state index is -3.80. The minimum absolute atomic E-state index is 0.151. The number of hydrogen-bond donors (Lipinski definition) is 4. The summed E-state index contributed by atoms with van der Waals surface area (Å²) < 4.78 is 27.0. The van der Waals surface area contributed by atoms with E-state index in [0.29, 0.717) is 32.8 Å². The molecular weight excluding hydrogens is 679 g/mol. The minimum Gasteiger partial charge on any atom is -0.308 e. The molecule has 4 N–H and O–H groups in total. The molecule has 49 heavy (non-hydrogen) atoms. The lowest BCUT2D eigenvalue weighted by Gasteiger charge is -2.11. The lowest BCUT2D eigenvalue weighted by atomic mass is 10.1. The first-order chi connectivity index (χ1) is 23.6. The highest BCUT2D eigenvalue weighted by atomic mass is 35.5. The van der Waals surface area contributed by atoms with Crippen molar-refractivity contribution in [2.45, 2.75) is 9.79 Å². The Labute approximate surface area is 293 Å². The van der Waals surface area contributed by atoms with Crippen LogP contribution in [-0.2, 0) is 9.84 Å². The van der Waals surface area contributed by atoms with Crippen LogP contribution in [-0.4, -0.2) is 20.5 Å². The van der Waals surface area contributed by atoms with Gasteiger partial charge in [0.25, 0.3) is 0 Å². The third kappa shape index (κ3) is 8.46. The Bertz CT molecular complexity index is 2070. The summed E-state index contributed by atoms with van der Waals surface area (Å²) in [4.78, 5) is 25.3. The molecule has 6 aromatic carbocycles. The largest absolute Gasteiger partial charge is 0.323 e. The quantitative estimate of drug-likeness (QED) is 0.126. The molecule has 0 saturated carbocycles. The third-order valence-corrected chi connectivity index (χ3v) is 9.73. The van der Waals surface area contributed by atoms with E-state index >= 15 is 0 Å². The van der Waals surface area contributed by atoms with Crippen LogP contribution in [0.5, 0.6) is 0 Å². The van der Waals surface area contributed by atoms with Gasteiger partial charge in [-0.05, 0) is 119 Å². The van der Waals surface area contributed by atoms with Gasteiger partial charge in [-0.25, -0.2) is 18.0 Å². The van der Waals surface area contributed by atoms with E-state index in [1.54, 1.807) is 133 Å². The van der Waals surface area contributed by atoms with Gasteiger partial charge < -0.3 is 21.3 Å². The molecule has 0 atom stereocenters. The molecule has 0 radical (unpaired) electrons. The molecule has 0 fully saturated rings. The van der Waals surface area contributed by atoms with E-state index in [0.717, 1.165) is 22.3 Å². The van der Waals surface area contributed by atoms with Crippen molar-refractivity contribution in [2.24, 2.45) is 0 Å². The van der Waals surface area contributed by atoms with Crippen LogP contribution < -0.4 is 21.3 Å². The van der Waals surface area contributed by atoms with Crippen LogP contribution in [0.15, 0.2) is 155 Å². The molecule has 11 heteroatoms. The maximum Gasteiger partial charge on any atom is 0.323 e. The maximum absolute atomic E-state index is 13.5. The van der Waals surface area contributed by atoms with E-state index in [1.807, 2.05) is 12.1 Å². The zero-order valence-corrected chi connectivity index (χ0v) is 28.0. The lowest BCUT2D eigenvalue weighted by molar-refractivity contribution is 0.261. The summed E-state index contributed by atoms with van der Waals surface area (Å²) in [6.07, 6.45) is 0.